The number of halogens is 1. The quantitative estimate of drug-likeness (QED) is 0.857. The van der Waals surface area contributed by atoms with Gasteiger partial charge in [0.15, 0.2) is 0 Å². The van der Waals surface area contributed by atoms with Gasteiger partial charge in [0.05, 0.1) is 5.02 Å². The van der Waals surface area contributed by atoms with Crippen molar-refractivity contribution < 1.29 is 8.42 Å². The van der Waals surface area contributed by atoms with Gasteiger partial charge in [-0.05, 0) is 31.2 Å². The highest BCUT2D eigenvalue weighted by atomic mass is 35.5. The summed E-state index contributed by atoms with van der Waals surface area (Å²) in [6, 6.07) is 4.55. The monoisotopic (exact) mass is 317 g/mol. The number of hydrogen-bond acceptors (Lipinski definition) is 4. The average molecular weight is 318 g/mol. The zero-order valence-corrected chi connectivity index (χ0v) is 13.1. The molecular weight excluding hydrogens is 298 g/mol. The number of benzene rings is 1. The van der Waals surface area contributed by atoms with Crippen LogP contribution in [0.25, 0.3) is 0 Å². The van der Waals surface area contributed by atoms with Crippen LogP contribution in [0.2, 0.25) is 5.02 Å². The summed E-state index contributed by atoms with van der Waals surface area (Å²) in [5.74, 6) is 0. The molecule has 1 aliphatic rings. The molecule has 0 saturated carbocycles. The number of sulfonamides is 1. The third kappa shape index (κ3) is 3.25. The Morgan fingerprint density at radius 2 is 1.90 bits per heavy atom. The van der Waals surface area contributed by atoms with Crippen molar-refractivity contribution in [3.63, 3.8) is 0 Å². The van der Waals surface area contributed by atoms with Crippen molar-refractivity contribution >= 4 is 27.3 Å². The molecule has 0 aromatic heterocycles. The molecule has 2 rings (SSSR count). The maximum atomic E-state index is 12.6. The molecule has 0 amide bonds. The van der Waals surface area contributed by atoms with Crippen molar-refractivity contribution in [2.45, 2.75) is 18.2 Å². The van der Waals surface area contributed by atoms with Gasteiger partial charge in [-0.2, -0.15) is 4.31 Å². The van der Waals surface area contributed by atoms with E-state index in [1.54, 1.807) is 6.07 Å². The second-order valence-corrected chi connectivity index (χ2v) is 7.25. The Balaban J connectivity index is 2.18. The molecule has 0 radical (unpaired) electrons. The highest BCUT2D eigenvalue weighted by Gasteiger charge is 2.29. The molecule has 0 aliphatic carbocycles. The molecule has 1 heterocycles. The molecule has 2 N–H and O–H groups in total. The highest BCUT2D eigenvalue weighted by Crippen LogP contribution is 2.27. The minimum Gasteiger partial charge on any atom is -0.399 e. The third-order valence-corrected chi connectivity index (χ3v) is 5.82. The number of nitrogen functional groups attached to an aromatic ring is 1. The van der Waals surface area contributed by atoms with Crippen molar-refractivity contribution in [1.29, 1.82) is 0 Å². The SMILES string of the molecule is CCCN1CCN(S(=O)(=O)c2cc(N)ccc2Cl)CC1. The second-order valence-electron chi connectivity index (χ2n) is 4.94. The number of hydrogen-bond donors (Lipinski definition) is 1. The van der Waals surface area contributed by atoms with Crippen molar-refractivity contribution in [1.82, 2.24) is 9.21 Å². The molecule has 0 spiro atoms. The Bertz CT molecular complexity index is 569. The summed E-state index contributed by atoms with van der Waals surface area (Å²) in [6.45, 7) is 5.63. The van der Waals surface area contributed by atoms with Gasteiger partial charge in [-0.25, -0.2) is 8.42 Å². The first-order valence-corrected chi connectivity index (χ1v) is 8.54. The Hall–Kier alpha value is -0.820. The van der Waals surface area contributed by atoms with E-state index >= 15 is 0 Å². The minimum absolute atomic E-state index is 0.100. The highest BCUT2D eigenvalue weighted by molar-refractivity contribution is 7.89. The van der Waals surface area contributed by atoms with E-state index in [1.807, 2.05) is 0 Å². The molecule has 112 valence electrons. The summed E-state index contributed by atoms with van der Waals surface area (Å²) in [5, 5.41) is 0.218. The smallest absolute Gasteiger partial charge is 0.244 e. The van der Waals surface area contributed by atoms with Crippen molar-refractivity contribution in [3.8, 4) is 0 Å². The van der Waals surface area contributed by atoms with Gasteiger partial charge in [-0.15, -0.1) is 0 Å². The molecular formula is C13H20ClN3O2S. The fraction of sp³-hybridized carbons (Fsp3) is 0.538. The lowest BCUT2D eigenvalue weighted by Crippen LogP contribution is -2.48. The molecule has 20 heavy (non-hydrogen) atoms. The van der Waals surface area contributed by atoms with Crippen LogP contribution in [0.1, 0.15) is 13.3 Å². The first-order chi connectivity index (χ1) is 9.45. The van der Waals surface area contributed by atoms with E-state index in [-0.39, 0.29) is 9.92 Å². The number of piperazine rings is 1. The first kappa shape index (κ1) is 15.6. The molecule has 0 unspecified atom stereocenters. The van der Waals surface area contributed by atoms with E-state index in [4.69, 9.17) is 17.3 Å². The molecule has 1 aromatic rings. The van der Waals surface area contributed by atoms with Gasteiger partial charge in [0, 0.05) is 31.9 Å². The van der Waals surface area contributed by atoms with E-state index in [0.717, 1.165) is 26.1 Å². The van der Waals surface area contributed by atoms with Crippen molar-refractivity contribution in [3.05, 3.63) is 23.2 Å². The summed E-state index contributed by atoms with van der Waals surface area (Å²) in [6.07, 6.45) is 1.08. The first-order valence-electron chi connectivity index (χ1n) is 6.72. The topological polar surface area (TPSA) is 66.6 Å². The molecule has 5 nitrogen and oxygen atoms in total. The van der Waals surface area contributed by atoms with Crippen LogP contribution in [0.15, 0.2) is 23.1 Å². The van der Waals surface area contributed by atoms with E-state index < -0.39 is 10.0 Å². The van der Waals surface area contributed by atoms with Crippen LogP contribution in [-0.4, -0.2) is 50.3 Å². The minimum atomic E-state index is -3.56. The van der Waals surface area contributed by atoms with Crippen LogP contribution in [-0.2, 0) is 10.0 Å². The largest absolute Gasteiger partial charge is 0.399 e. The lowest BCUT2D eigenvalue weighted by atomic mass is 10.3. The van der Waals surface area contributed by atoms with E-state index in [2.05, 4.69) is 11.8 Å². The summed E-state index contributed by atoms with van der Waals surface area (Å²) in [5.41, 5.74) is 6.07. The number of rotatable bonds is 4. The third-order valence-electron chi connectivity index (χ3n) is 3.44. The Morgan fingerprint density at radius 3 is 2.50 bits per heavy atom. The molecule has 1 aromatic carbocycles. The summed E-state index contributed by atoms with van der Waals surface area (Å²) in [4.78, 5) is 2.37. The predicted molar refractivity (Wildman–Crippen MR) is 81.4 cm³/mol. The van der Waals surface area contributed by atoms with E-state index in [9.17, 15) is 8.42 Å². The van der Waals surface area contributed by atoms with Crippen LogP contribution in [0.4, 0.5) is 5.69 Å². The maximum Gasteiger partial charge on any atom is 0.244 e. The molecule has 1 aliphatic heterocycles. The van der Waals surface area contributed by atoms with Gasteiger partial charge in [0.2, 0.25) is 10.0 Å². The van der Waals surface area contributed by atoms with Gasteiger partial charge in [-0.3, -0.25) is 0 Å². The van der Waals surface area contributed by atoms with Gasteiger partial charge in [0.25, 0.3) is 0 Å². The van der Waals surface area contributed by atoms with E-state index in [0.29, 0.717) is 18.8 Å². The molecule has 7 heteroatoms. The normalized spacial score (nSPS) is 18.3. The zero-order chi connectivity index (χ0) is 14.8. The second kappa shape index (κ2) is 6.30. The van der Waals surface area contributed by atoms with Crippen molar-refractivity contribution in [2.24, 2.45) is 0 Å². The lowest BCUT2D eigenvalue weighted by Gasteiger charge is -2.33. The fourth-order valence-corrected chi connectivity index (χ4v) is 4.30. The fourth-order valence-electron chi connectivity index (χ4n) is 2.37. The van der Waals surface area contributed by atoms with Crippen LogP contribution < -0.4 is 5.73 Å². The van der Waals surface area contributed by atoms with Gasteiger partial charge < -0.3 is 10.6 Å². The summed E-state index contributed by atoms with van der Waals surface area (Å²) >= 11 is 6.01. The van der Waals surface area contributed by atoms with Crippen molar-refractivity contribution in [2.75, 3.05) is 38.5 Å². The molecule has 0 atom stereocenters. The Labute approximate surface area is 125 Å². The number of anilines is 1. The molecule has 1 saturated heterocycles. The lowest BCUT2D eigenvalue weighted by molar-refractivity contribution is 0.188. The predicted octanol–water partition coefficient (Wildman–Crippen LogP) is 1.64. The van der Waals surface area contributed by atoms with Crippen LogP contribution in [0, 0.1) is 0 Å². The zero-order valence-electron chi connectivity index (χ0n) is 11.5. The van der Waals surface area contributed by atoms with Gasteiger partial charge >= 0.3 is 0 Å². The standard InChI is InChI=1S/C13H20ClN3O2S/c1-2-5-16-6-8-17(9-7-16)20(18,19)13-10-11(15)3-4-12(13)14/h3-4,10H,2,5-9,15H2,1H3. The summed E-state index contributed by atoms with van der Waals surface area (Å²) < 4.78 is 26.7. The van der Waals surface area contributed by atoms with E-state index in [1.165, 1.54) is 16.4 Å². The number of nitrogens with zero attached hydrogens (tertiary/aromatic N) is 2. The summed E-state index contributed by atoms with van der Waals surface area (Å²) in [7, 11) is -3.56. The molecule has 0 bridgehead atoms. The van der Waals surface area contributed by atoms with Crippen LogP contribution in [0.3, 0.4) is 0 Å². The maximum absolute atomic E-state index is 12.6. The van der Waals surface area contributed by atoms with Gasteiger partial charge in [0.1, 0.15) is 4.90 Å². The molecule has 1 fully saturated rings. The Morgan fingerprint density at radius 1 is 1.25 bits per heavy atom. The number of nitrogens with two attached hydrogens (primary N) is 1. The van der Waals surface area contributed by atoms with Crippen LogP contribution >= 0.6 is 11.6 Å². The van der Waals surface area contributed by atoms with Crippen LogP contribution in [0.5, 0.6) is 0 Å². The Kier molecular flexibility index (Phi) is 4.90. The average Bonchev–Trinajstić information content (AvgIpc) is 2.42. The van der Waals surface area contributed by atoms with Gasteiger partial charge in [-0.1, -0.05) is 18.5 Å².